The molecule has 0 bridgehead atoms. The van der Waals surface area contributed by atoms with Crippen LogP contribution in [0.4, 0.5) is 4.39 Å². The van der Waals surface area contributed by atoms with Gasteiger partial charge in [0.25, 0.3) is 5.91 Å². The molecule has 0 aliphatic rings. The average Bonchev–Trinajstić information content (AvgIpc) is 3.32. The molecule has 1 amide bonds. The van der Waals surface area contributed by atoms with Gasteiger partial charge in [0.15, 0.2) is 5.78 Å². The molecule has 2 aromatic carbocycles. The first-order valence-electron chi connectivity index (χ1n) is 12.4. The van der Waals surface area contributed by atoms with Crippen molar-refractivity contribution in [1.82, 2.24) is 20.0 Å². The Kier molecular flexibility index (Phi) is 8.55. The van der Waals surface area contributed by atoms with Gasteiger partial charge in [0.2, 0.25) is 0 Å². The van der Waals surface area contributed by atoms with E-state index in [9.17, 15) is 14.0 Å². The lowest BCUT2D eigenvalue weighted by atomic mass is 9.97. The zero-order valence-electron chi connectivity index (χ0n) is 21.7. The molecule has 0 fully saturated rings. The number of halogens is 1. The summed E-state index contributed by atoms with van der Waals surface area (Å²) >= 11 is 0. The van der Waals surface area contributed by atoms with E-state index >= 15 is 0 Å². The molecular weight excluding hydrogens is 481 g/mol. The van der Waals surface area contributed by atoms with Crippen molar-refractivity contribution < 1.29 is 14.0 Å². The number of Topliss-reactive ketones (excluding diaryl/α,β-unsaturated/α-hetero) is 1. The molecule has 0 atom stereocenters. The lowest BCUT2D eigenvalue weighted by Crippen LogP contribution is -2.20. The summed E-state index contributed by atoms with van der Waals surface area (Å²) in [5.74, 6) is -0.677. The SMILES string of the molecule is CCN=C/C=C\Cc1ccc(-c2ccc3nc(-c4ccc(F)cc4)c(C(=O)CNC)n3c2)cc1C(=O)NC. The molecule has 8 heteroatoms. The van der Waals surface area contributed by atoms with Crippen LogP contribution in [0.2, 0.25) is 0 Å². The first kappa shape index (κ1) is 26.6. The van der Waals surface area contributed by atoms with E-state index in [0.717, 1.165) is 23.2 Å². The number of carbonyl (C=O) groups is 2. The van der Waals surface area contributed by atoms with Crippen LogP contribution in [0.5, 0.6) is 0 Å². The van der Waals surface area contributed by atoms with Gasteiger partial charge >= 0.3 is 0 Å². The number of carbonyl (C=O) groups excluding carboxylic acids is 2. The summed E-state index contributed by atoms with van der Waals surface area (Å²) in [6.07, 6.45) is 8.03. The molecular formula is C30H30FN5O2. The number of amides is 1. The van der Waals surface area contributed by atoms with Crippen molar-refractivity contribution in [2.24, 2.45) is 4.99 Å². The number of fused-ring (bicyclic) bond motifs is 1. The quantitative estimate of drug-likeness (QED) is 0.237. The van der Waals surface area contributed by atoms with E-state index in [1.165, 1.54) is 12.1 Å². The number of rotatable bonds is 10. The fourth-order valence-electron chi connectivity index (χ4n) is 4.24. The predicted molar refractivity (Wildman–Crippen MR) is 150 cm³/mol. The van der Waals surface area contributed by atoms with Crippen LogP contribution < -0.4 is 10.6 Å². The molecule has 0 saturated heterocycles. The molecule has 0 radical (unpaired) electrons. The Balaban J connectivity index is 1.80. The Morgan fingerprint density at radius 2 is 1.76 bits per heavy atom. The van der Waals surface area contributed by atoms with Crippen LogP contribution in [-0.2, 0) is 6.42 Å². The van der Waals surface area contributed by atoms with Crippen molar-refractivity contribution in [2.75, 3.05) is 27.2 Å². The van der Waals surface area contributed by atoms with E-state index < -0.39 is 0 Å². The van der Waals surface area contributed by atoms with Gasteiger partial charge in [-0.2, -0.15) is 0 Å². The highest BCUT2D eigenvalue weighted by molar-refractivity contribution is 6.02. The predicted octanol–water partition coefficient (Wildman–Crippen LogP) is 4.76. The van der Waals surface area contributed by atoms with Gasteiger partial charge in [0.1, 0.15) is 22.9 Å². The van der Waals surface area contributed by atoms with Gasteiger partial charge in [-0.1, -0.05) is 18.2 Å². The Bertz CT molecular complexity index is 1520. The number of imidazole rings is 1. The molecule has 0 aliphatic heterocycles. The van der Waals surface area contributed by atoms with E-state index in [4.69, 9.17) is 0 Å². The number of nitrogens with one attached hydrogen (secondary N) is 2. The van der Waals surface area contributed by atoms with Gasteiger partial charge < -0.3 is 10.6 Å². The summed E-state index contributed by atoms with van der Waals surface area (Å²) in [6.45, 7) is 2.81. The minimum Gasteiger partial charge on any atom is -0.355 e. The minimum absolute atomic E-state index is 0.123. The number of hydrogen-bond donors (Lipinski definition) is 2. The van der Waals surface area contributed by atoms with Gasteiger partial charge in [-0.25, -0.2) is 9.37 Å². The molecule has 4 rings (SSSR count). The summed E-state index contributed by atoms with van der Waals surface area (Å²) in [6, 6.07) is 15.4. The minimum atomic E-state index is -0.358. The highest BCUT2D eigenvalue weighted by Gasteiger charge is 2.21. The number of aliphatic imine (C=N–C) groups is 1. The van der Waals surface area contributed by atoms with Crippen molar-refractivity contribution in [3.8, 4) is 22.4 Å². The van der Waals surface area contributed by atoms with Gasteiger partial charge in [0.05, 0.1) is 6.54 Å². The van der Waals surface area contributed by atoms with E-state index in [2.05, 4.69) is 20.6 Å². The van der Waals surface area contributed by atoms with E-state index in [1.54, 1.807) is 36.8 Å². The number of hydrogen-bond acceptors (Lipinski definition) is 5. The van der Waals surface area contributed by atoms with Crippen LogP contribution >= 0.6 is 0 Å². The van der Waals surface area contributed by atoms with Crippen molar-refractivity contribution in [3.05, 3.63) is 95.6 Å². The van der Waals surface area contributed by atoms with Crippen LogP contribution in [0.3, 0.4) is 0 Å². The molecule has 0 unspecified atom stereocenters. The third-order valence-electron chi connectivity index (χ3n) is 6.10. The second-order valence-corrected chi connectivity index (χ2v) is 8.65. The molecule has 0 saturated carbocycles. The van der Waals surface area contributed by atoms with E-state index in [1.807, 2.05) is 55.6 Å². The Morgan fingerprint density at radius 1 is 1.03 bits per heavy atom. The molecule has 38 heavy (non-hydrogen) atoms. The van der Waals surface area contributed by atoms with Gasteiger partial charge in [-0.3, -0.25) is 19.0 Å². The number of allylic oxidation sites excluding steroid dienone is 2. The van der Waals surface area contributed by atoms with Crippen molar-refractivity contribution in [3.63, 3.8) is 0 Å². The molecule has 0 aliphatic carbocycles. The number of nitrogens with zero attached hydrogens (tertiary/aromatic N) is 3. The van der Waals surface area contributed by atoms with Gasteiger partial charge in [-0.05, 0) is 85.6 Å². The van der Waals surface area contributed by atoms with Crippen LogP contribution in [0.1, 0.15) is 33.3 Å². The second kappa shape index (κ2) is 12.2. The standard InChI is InChI=1S/C30H30FN5O2/c1-4-34-16-6-5-7-20-8-9-22(17-25(20)30(38)33-3)23-12-15-27-35-28(21-10-13-24(31)14-11-21)29(36(27)19-23)26(37)18-32-2/h5-6,8-17,19,32H,4,7,18H2,1-3H3,(H,33,38)/b6-5-,34-16?. The first-order chi connectivity index (χ1) is 18.5. The molecule has 194 valence electrons. The zero-order chi connectivity index (χ0) is 27.1. The lowest BCUT2D eigenvalue weighted by molar-refractivity contribution is 0.0960. The van der Waals surface area contributed by atoms with Crippen molar-refractivity contribution in [2.45, 2.75) is 13.3 Å². The highest BCUT2D eigenvalue weighted by Crippen LogP contribution is 2.29. The number of benzene rings is 2. The molecule has 4 aromatic rings. The second-order valence-electron chi connectivity index (χ2n) is 8.65. The third kappa shape index (κ3) is 5.76. The summed E-state index contributed by atoms with van der Waals surface area (Å²) < 4.78 is 15.3. The molecule has 7 nitrogen and oxygen atoms in total. The van der Waals surface area contributed by atoms with Gasteiger partial charge in [0, 0.05) is 37.1 Å². The Hall–Kier alpha value is -4.43. The Morgan fingerprint density at radius 3 is 2.47 bits per heavy atom. The largest absolute Gasteiger partial charge is 0.355 e. The van der Waals surface area contributed by atoms with Crippen LogP contribution in [0, 0.1) is 5.82 Å². The van der Waals surface area contributed by atoms with E-state index in [0.29, 0.717) is 34.6 Å². The normalized spacial score (nSPS) is 11.6. The summed E-state index contributed by atoms with van der Waals surface area (Å²) in [5, 5.41) is 5.63. The average molecular weight is 512 g/mol. The molecule has 2 heterocycles. The smallest absolute Gasteiger partial charge is 0.251 e. The fourth-order valence-corrected chi connectivity index (χ4v) is 4.24. The summed E-state index contributed by atoms with van der Waals surface area (Å²) in [5.41, 5.74) is 5.25. The first-order valence-corrected chi connectivity index (χ1v) is 12.4. The van der Waals surface area contributed by atoms with Crippen molar-refractivity contribution >= 4 is 23.6 Å². The maximum absolute atomic E-state index is 13.5. The lowest BCUT2D eigenvalue weighted by Gasteiger charge is -2.11. The molecule has 2 N–H and O–H groups in total. The number of ketones is 1. The zero-order valence-corrected chi connectivity index (χ0v) is 21.7. The highest BCUT2D eigenvalue weighted by atomic mass is 19.1. The topological polar surface area (TPSA) is 87.9 Å². The maximum Gasteiger partial charge on any atom is 0.251 e. The van der Waals surface area contributed by atoms with E-state index in [-0.39, 0.29) is 24.1 Å². The third-order valence-corrected chi connectivity index (χ3v) is 6.10. The number of likely N-dealkylation sites (N-methyl/N-ethyl adjacent to an activating group) is 1. The van der Waals surface area contributed by atoms with Crippen molar-refractivity contribution in [1.29, 1.82) is 0 Å². The van der Waals surface area contributed by atoms with Crippen LogP contribution in [0.25, 0.3) is 28.0 Å². The maximum atomic E-state index is 13.5. The molecule has 0 spiro atoms. The summed E-state index contributed by atoms with van der Waals surface area (Å²) in [7, 11) is 3.31. The van der Waals surface area contributed by atoms with Crippen LogP contribution in [0.15, 0.2) is 77.9 Å². The Labute approximate surface area is 221 Å². The summed E-state index contributed by atoms with van der Waals surface area (Å²) in [4.78, 5) is 34.7. The number of pyridine rings is 1. The molecule has 2 aromatic heterocycles. The fraction of sp³-hybridized carbons (Fsp3) is 0.200. The monoisotopic (exact) mass is 511 g/mol. The number of aromatic nitrogens is 2. The van der Waals surface area contributed by atoms with Gasteiger partial charge in [-0.15, -0.1) is 0 Å². The van der Waals surface area contributed by atoms with Crippen LogP contribution in [-0.4, -0.2) is 54.5 Å².